The number of carbonyl (C=O) groups is 1. The second-order valence-electron chi connectivity index (χ2n) is 3.26. The number of aromatic nitrogens is 5. The third-order valence-electron chi connectivity index (χ3n) is 2.18. The summed E-state index contributed by atoms with van der Waals surface area (Å²) in [7, 11) is 0. The van der Waals surface area contributed by atoms with E-state index < -0.39 is 0 Å². The molecule has 0 unspecified atom stereocenters. The lowest BCUT2D eigenvalue weighted by Crippen LogP contribution is -2.10. The molecule has 0 fully saturated rings. The second-order valence-corrected chi connectivity index (χ2v) is 4.05. The van der Waals surface area contributed by atoms with Crippen LogP contribution in [-0.4, -0.2) is 30.9 Å². The zero-order valence-corrected chi connectivity index (χ0v) is 9.23. The van der Waals surface area contributed by atoms with Gasteiger partial charge in [0.2, 0.25) is 0 Å². The summed E-state index contributed by atoms with van der Waals surface area (Å²) in [5.74, 6) is -0.221. The maximum atomic E-state index is 11.9. The lowest BCUT2D eigenvalue weighted by molar-refractivity contribution is 0.102. The fourth-order valence-corrected chi connectivity index (χ4v) is 1.80. The first-order chi connectivity index (χ1) is 8.33. The Bertz CT molecular complexity index is 661. The van der Waals surface area contributed by atoms with E-state index in [4.69, 9.17) is 0 Å². The summed E-state index contributed by atoms with van der Waals surface area (Å²) >= 11 is 1.12. The molecule has 0 bridgehead atoms. The number of carbonyl (C=O) groups excluding carboxylic acids is 1. The van der Waals surface area contributed by atoms with Gasteiger partial charge in [0, 0.05) is 17.1 Å². The highest BCUT2D eigenvalue weighted by Gasteiger charge is 2.09. The van der Waals surface area contributed by atoms with Crippen molar-refractivity contribution < 1.29 is 4.79 Å². The molecule has 17 heavy (non-hydrogen) atoms. The van der Waals surface area contributed by atoms with Gasteiger partial charge < -0.3 is 5.32 Å². The van der Waals surface area contributed by atoms with E-state index >= 15 is 0 Å². The highest BCUT2D eigenvalue weighted by atomic mass is 32.1. The first-order valence-electron chi connectivity index (χ1n) is 4.72. The SMILES string of the molecule is O=C(Nc1cnns1)c1ccc2n[nH]nc2c1. The lowest BCUT2D eigenvalue weighted by Gasteiger charge is -2.00. The Morgan fingerprint density at radius 3 is 3.00 bits per heavy atom. The van der Waals surface area contributed by atoms with Gasteiger partial charge in [0.25, 0.3) is 5.91 Å². The number of rotatable bonds is 2. The van der Waals surface area contributed by atoms with Crippen LogP contribution in [0.3, 0.4) is 0 Å². The molecule has 0 radical (unpaired) electrons. The molecule has 1 amide bonds. The maximum Gasteiger partial charge on any atom is 0.256 e. The van der Waals surface area contributed by atoms with E-state index in [1.54, 1.807) is 18.2 Å². The molecule has 2 N–H and O–H groups in total. The Morgan fingerprint density at radius 2 is 2.18 bits per heavy atom. The van der Waals surface area contributed by atoms with Crippen molar-refractivity contribution in [3.8, 4) is 0 Å². The van der Waals surface area contributed by atoms with Crippen molar-refractivity contribution in [3.63, 3.8) is 0 Å². The van der Waals surface area contributed by atoms with E-state index in [0.717, 1.165) is 17.0 Å². The summed E-state index contributed by atoms with van der Waals surface area (Å²) < 4.78 is 3.66. The van der Waals surface area contributed by atoms with E-state index in [2.05, 4.69) is 30.3 Å². The minimum absolute atomic E-state index is 0.221. The van der Waals surface area contributed by atoms with Gasteiger partial charge in [0.05, 0.1) is 6.20 Å². The molecule has 3 rings (SSSR count). The van der Waals surface area contributed by atoms with E-state index in [0.29, 0.717) is 16.1 Å². The zero-order chi connectivity index (χ0) is 11.7. The van der Waals surface area contributed by atoms with Crippen LogP contribution in [0.15, 0.2) is 24.4 Å². The topological polar surface area (TPSA) is 96.5 Å². The summed E-state index contributed by atoms with van der Waals surface area (Å²) in [5, 5.41) is 17.3. The molecule has 0 atom stereocenters. The normalized spacial score (nSPS) is 10.6. The minimum Gasteiger partial charge on any atom is -0.311 e. The predicted octanol–water partition coefficient (Wildman–Crippen LogP) is 1.06. The largest absolute Gasteiger partial charge is 0.311 e. The second kappa shape index (κ2) is 3.91. The molecule has 8 heteroatoms. The van der Waals surface area contributed by atoms with E-state index in [-0.39, 0.29) is 5.91 Å². The highest BCUT2D eigenvalue weighted by molar-refractivity contribution is 7.10. The standard InChI is InChI=1S/C9H6N6OS/c16-9(11-8-4-10-15-17-8)5-1-2-6-7(3-5)13-14-12-6/h1-4H,(H,11,16)(H,12,13,14). The average molecular weight is 246 g/mol. The van der Waals surface area contributed by atoms with Crippen molar-refractivity contribution in [1.82, 2.24) is 25.0 Å². The van der Waals surface area contributed by atoms with E-state index in [9.17, 15) is 4.79 Å². The number of hydrogen-bond donors (Lipinski definition) is 2. The van der Waals surface area contributed by atoms with Crippen LogP contribution in [0, 0.1) is 0 Å². The van der Waals surface area contributed by atoms with Gasteiger partial charge in [-0.3, -0.25) is 4.79 Å². The molecule has 0 saturated carbocycles. The summed E-state index contributed by atoms with van der Waals surface area (Å²) in [5.41, 5.74) is 1.89. The fraction of sp³-hybridized carbons (Fsp3) is 0. The first-order valence-corrected chi connectivity index (χ1v) is 5.49. The third-order valence-corrected chi connectivity index (χ3v) is 2.76. The number of hydrogen-bond acceptors (Lipinski definition) is 6. The molecule has 0 aliphatic heterocycles. The Morgan fingerprint density at radius 1 is 1.29 bits per heavy atom. The molecule has 3 aromatic rings. The summed E-state index contributed by atoms with van der Waals surface area (Å²) in [6, 6.07) is 5.09. The van der Waals surface area contributed by atoms with Gasteiger partial charge in [0.15, 0.2) is 0 Å². The van der Waals surface area contributed by atoms with Crippen LogP contribution < -0.4 is 5.32 Å². The van der Waals surface area contributed by atoms with Crippen LogP contribution in [0.2, 0.25) is 0 Å². The zero-order valence-electron chi connectivity index (χ0n) is 8.41. The quantitative estimate of drug-likeness (QED) is 0.704. The molecule has 84 valence electrons. The van der Waals surface area contributed by atoms with Crippen LogP contribution in [0.1, 0.15) is 10.4 Å². The summed E-state index contributed by atoms with van der Waals surface area (Å²) in [6.45, 7) is 0. The smallest absolute Gasteiger partial charge is 0.256 e. The Hall–Kier alpha value is -2.35. The number of benzene rings is 1. The molecular formula is C9H6N6OS. The van der Waals surface area contributed by atoms with E-state index in [1.165, 1.54) is 6.20 Å². The fourth-order valence-electron chi connectivity index (χ4n) is 1.39. The molecule has 2 aromatic heterocycles. The number of amides is 1. The Kier molecular flexibility index (Phi) is 2.26. The van der Waals surface area contributed by atoms with Crippen molar-refractivity contribution >= 4 is 33.5 Å². The molecule has 7 nitrogen and oxygen atoms in total. The van der Waals surface area contributed by atoms with Crippen LogP contribution in [0.4, 0.5) is 5.00 Å². The van der Waals surface area contributed by atoms with Gasteiger partial charge in [-0.15, -0.1) is 5.10 Å². The third kappa shape index (κ3) is 1.85. The number of anilines is 1. The van der Waals surface area contributed by atoms with Crippen molar-refractivity contribution in [2.45, 2.75) is 0 Å². The number of nitrogens with zero attached hydrogens (tertiary/aromatic N) is 4. The van der Waals surface area contributed by atoms with Crippen LogP contribution in [0.25, 0.3) is 11.0 Å². The van der Waals surface area contributed by atoms with Gasteiger partial charge in [-0.05, 0) is 18.2 Å². The Balaban J connectivity index is 1.90. The number of aromatic amines is 1. The van der Waals surface area contributed by atoms with Gasteiger partial charge >= 0.3 is 0 Å². The van der Waals surface area contributed by atoms with Crippen LogP contribution in [0.5, 0.6) is 0 Å². The molecule has 1 aromatic carbocycles. The van der Waals surface area contributed by atoms with Gasteiger partial charge in [-0.2, -0.15) is 15.4 Å². The highest BCUT2D eigenvalue weighted by Crippen LogP contribution is 2.14. The van der Waals surface area contributed by atoms with Crippen molar-refractivity contribution in [1.29, 1.82) is 0 Å². The Labute approximate surface area is 99.0 Å². The molecule has 0 aliphatic rings. The first kappa shape index (κ1) is 9.85. The molecule has 2 heterocycles. The minimum atomic E-state index is -0.221. The maximum absolute atomic E-state index is 11.9. The molecular weight excluding hydrogens is 240 g/mol. The van der Waals surface area contributed by atoms with Gasteiger partial charge in [0.1, 0.15) is 16.0 Å². The number of H-pyrrole nitrogens is 1. The predicted molar refractivity (Wildman–Crippen MR) is 61.8 cm³/mol. The van der Waals surface area contributed by atoms with Crippen molar-refractivity contribution in [2.24, 2.45) is 0 Å². The average Bonchev–Trinajstić information content (AvgIpc) is 2.97. The van der Waals surface area contributed by atoms with Crippen LogP contribution in [-0.2, 0) is 0 Å². The lowest BCUT2D eigenvalue weighted by atomic mass is 10.2. The molecule has 0 saturated heterocycles. The number of nitrogens with one attached hydrogen (secondary N) is 2. The molecule has 0 spiro atoms. The summed E-state index contributed by atoms with van der Waals surface area (Å²) in [4.78, 5) is 11.9. The van der Waals surface area contributed by atoms with Crippen LogP contribution >= 0.6 is 11.5 Å². The molecule has 0 aliphatic carbocycles. The van der Waals surface area contributed by atoms with Gasteiger partial charge in [-0.1, -0.05) is 4.49 Å². The van der Waals surface area contributed by atoms with Crippen molar-refractivity contribution in [2.75, 3.05) is 5.32 Å². The summed E-state index contributed by atoms with van der Waals surface area (Å²) in [6.07, 6.45) is 1.50. The van der Waals surface area contributed by atoms with E-state index in [1.807, 2.05) is 0 Å². The number of fused-ring (bicyclic) bond motifs is 1. The monoisotopic (exact) mass is 246 g/mol. The van der Waals surface area contributed by atoms with Crippen molar-refractivity contribution in [3.05, 3.63) is 30.0 Å². The van der Waals surface area contributed by atoms with Gasteiger partial charge in [-0.25, -0.2) is 0 Å².